The molecule has 1 saturated heterocycles. The van der Waals surface area contributed by atoms with Gasteiger partial charge < -0.3 is 14.9 Å². The highest BCUT2D eigenvalue weighted by atomic mass is 35.5. The highest BCUT2D eigenvalue weighted by Crippen LogP contribution is 2.46. The number of amides is 1. The molecule has 0 spiro atoms. The summed E-state index contributed by atoms with van der Waals surface area (Å²) in [5.74, 6) is -7.59. The van der Waals surface area contributed by atoms with Gasteiger partial charge in [0, 0.05) is 36.1 Å². The number of aromatic carboxylic acids is 1. The van der Waals surface area contributed by atoms with E-state index in [9.17, 15) is 24.6 Å². The minimum absolute atomic E-state index is 0.00962. The third kappa shape index (κ3) is 6.10. The first-order valence-electron chi connectivity index (χ1n) is 12.0. The van der Waals surface area contributed by atoms with Gasteiger partial charge in [-0.15, -0.1) is 0 Å². The summed E-state index contributed by atoms with van der Waals surface area (Å²) in [6.07, 6.45) is -0.421. The second-order valence-corrected chi connectivity index (χ2v) is 10.4. The number of carboxylic acids is 1. The third-order valence-electron chi connectivity index (χ3n) is 6.29. The summed E-state index contributed by atoms with van der Waals surface area (Å²) in [5.41, 5.74) is -2.44. The Kier molecular flexibility index (Phi) is 8.59. The smallest absolute Gasteiger partial charge is 0.412 e. The molecule has 2 aromatic rings. The van der Waals surface area contributed by atoms with E-state index in [0.29, 0.717) is 17.9 Å². The van der Waals surface area contributed by atoms with Crippen molar-refractivity contribution < 1.29 is 38.1 Å². The zero-order valence-electron chi connectivity index (χ0n) is 20.9. The van der Waals surface area contributed by atoms with Crippen molar-refractivity contribution in [2.75, 3.05) is 13.2 Å². The molecule has 2 atom stereocenters. The Morgan fingerprint density at radius 3 is 2.35 bits per heavy atom. The van der Waals surface area contributed by atoms with Gasteiger partial charge in [-0.05, 0) is 75.9 Å². The Hall–Kier alpha value is -3.04. The van der Waals surface area contributed by atoms with Gasteiger partial charge in [0.1, 0.15) is 11.4 Å². The lowest BCUT2D eigenvalue weighted by Gasteiger charge is -2.46. The van der Waals surface area contributed by atoms with Crippen LogP contribution in [-0.4, -0.2) is 57.5 Å². The van der Waals surface area contributed by atoms with Gasteiger partial charge in [0.15, 0.2) is 11.6 Å². The lowest BCUT2D eigenvalue weighted by Crippen LogP contribution is -2.56. The quantitative estimate of drug-likeness (QED) is 0.333. The molecule has 2 aromatic carbocycles. The molecule has 0 aliphatic carbocycles. The van der Waals surface area contributed by atoms with Crippen molar-refractivity contribution in [2.45, 2.75) is 63.8 Å². The summed E-state index contributed by atoms with van der Waals surface area (Å²) in [6, 6.07) is 7.67. The molecule has 1 amide bonds. The normalized spacial score (nSPS) is 18.8. The topological polar surface area (TPSA) is 104 Å². The minimum atomic E-state index is -2.44. The standard InChI is InChI=1S/C27H30ClF2NO6/c1-26(2,3)37-25(36)31-14-5-4-13-27(31,30)20(12-15-32)18-10-11-19(24(34)35)22(29)21(18)23(33)16-6-8-17(28)9-7-16/h6-11,20,32H,4-5,12-15H2,1-3H3,(H,34,35). The molecular weight excluding hydrogens is 508 g/mol. The monoisotopic (exact) mass is 537 g/mol. The Morgan fingerprint density at radius 2 is 1.78 bits per heavy atom. The lowest BCUT2D eigenvalue weighted by molar-refractivity contribution is -0.0912. The van der Waals surface area contributed by atoms with Crippen molar-refractivity contribution in [1.29, 1.82) is 0 Å². The van der Waals surface area contributed by atoms with E-state index < -0.39 is 58.7 Å². The van der Waals surface area contributed by atoms with Crippen LogP contribution in [0.5, 0.6) is 0 Å². The number of hydrogen-bond donors (Lipinski definition) is 2. The van der Waals surface area contributed by atoms with Crippen LogP contribution in [0.4, 0.5) is 13.6 Å². The Bertz CT molecular complexity index is 1180. The fraction of sp³-hybridized carbons (Fsp3) is 0.444. The van der Waals surface area contributed by atoms with Gasteiger partial charge in [0.25, 0.3) is 0 Å². The highest BCUT2D eigenvalue weighted by Gasteiger charge is 2.51. The number of carboxylic acid groups (broad SMARTS) is 1. The number of piperidine rings is 1. The van der Waals surface area contributed by atoms with E-state index in [1.54, 1.807) is 20.8 Å². The molecule has 2 N–H and O–H groups in total. The third-order valence-corrected chi connectivity index (χ3v) is 6.54. The van der Waals surface area contributed by atoms with E-state index in [2.05, 4.69) is 0 Å². The van der Waals surface area contributed by atoms with Crippen molar-refractivity contribution in [2.24, 2.45) is 0 Å². The lowest BCUT2D eigenvalue weighted by atomic mass is 9.77. The Morgan fingerprint density at radius 1 is 1.14 bits per heavy atom. The summed E-state index contributed by atoms with van der Waals surface area (Å²) in [6.45, 7) is 4.41. The summed E-state index contributed by atoms with van der Waals surface area (Å²) in [5, 5.41) is 19.7. The van der Waals surface area contributed by atoms with Crippen molar-refractivity contribution >= 4 is 29.4 Å². The molecule has 7 nitrogen and oxygen atoms in total. The second kappa shape index (κ2) is 11.1. The Labute approximate surface area is 219 Å². The average molecular weight is 538 g/mol. The number of benzene rings is 2. The fourth-order valence-corrected chi connectivity index (χ4v) is 4.78. The first-order valence-corrected chi connectivity index (χ1v) is 12.3. The number of alkyl halides is 1. The van der Waals surface area contributed by atoms with E-state index in [4.69, 9.17) is 16.3 Å². The molecular formula is C27H30ClF2NO6. The second-order valence-electron chi connectivity index (χ2n) is 10.0. The van der Waals surface area contributed by atoms with Gasteiger partial charge in [-0.2, -0.15) is 0 Å². The van der Waals surface area contributed by atoms with E-state index in [-0.39, 0.29) is 30.5 Å². The molecule has 0 saturated carbocycles. The Balaban J connectivity index is 2.22. The summed E-state index contributed by atoms with van der Waals surface area (Å²) in [7, 11) is 0. The van der Waals surface area contributed by atoms with Gasteiger partial charge >= 0.3 is 12.1 Å². The average Bonchev–Trinajstić information content (AvgIpc) is 2.81. The maximum Gasteiger partial charge on any atom is 0.412 e. The molecule has 2 unspecified atom stereocenters. The minimum Gasteiger partial charge on any atom is -0.478 e. The van der Waals surface area contributed by atoms with Crippen LogP contribution in [0.1, 0.15) is 84.2 Å². The van der Waals surface area contributed by atoms with Crippen molar-refractivity contribution in [1.82, 2.24) is 4.90 Å². The van der Waals surface area contributed by atoms with Crippen LogP contribution in [0, 0.1) is 5.82 Å². The molecule has 0 bridgehead atoms. The largest absolute Gasteiger partial charge is 0.478 e. The van der Waals surface area contributed by atoms with E-state index in [1.807, 2.05) is 0 Å². The van der Waals surface area contributed by atoms with Crippen molar-refractivity contribution in [3.8, 4) is 0 Å². The number of halogens is 3. The molecule has 10 heteroatoms. The molecule has 37 heavy (non-hydrogen) atoms. The highest BCUT2D eigenvalue weighted by molar-refractivity contribution is 6.30. The maximum absolute atomic E-state index is 17.0. The maximum atomic E-state index is 17.0. The van der Waals surface area contributed by atoms with Gasteiger partial charge in [0.2, 0.25) is 0 Å². The van der Waals surface area contributed by atoms with Crippen LogP contribution in [0.2, 0.25) is 5.02 Å². The zero-order chi connectivity index (χ0) is 27.5. The molecule has 1 heterocycles. The van der Waals surface area contributed by atoms with Gasteiger partial charge in [-0.3, -0.25) is 9.69 Å². The number of hydrogen-bond acceptors (Lipinski definition) is 5. The van der Waals surface area contributed by atoms with E-state index in [0.717, 1.165) is 11.0 Å². The number of ketones is 1. The number of likely N-dealkylation sites (tertiary alicyclic amines) is 1. The van der Waals surface area contributed by atoms with Gasteiger partial charge in [-0.25, -0.2) is 18.4 Å². The van der Waals surface area contributed by atoms with Gasteiger partial charge in [-0.1, -0.05) is 17.7 Å². The van der Waals surface area contributed by atoms with Crippen LogP contribution in [-0.2, 0) is 4.74 Å². The number of rotatable bonds is 7. The number of carbonyl (C=O) groups is 3. The molecule has 0 radical (unpaired) electrons. The summed E-state index contributed by atoms with van der Waals surface area (Å²) < 4.78 is 38.1. The number of aliphatic hydroxyl groups is 1. The number of ether oxygens (including phenoxy) is 1. The molecule has 200 valence electrons. The SMILES string of the molecule is CC(C)(C)OC(=O)N1CCCCC1(F)C(CCO)c1ccc(C(=O)O)c(F)c1C(=O)c1ccc(Cl)cc1. The van der Waals surface area contributed by atoms with E-state index >= 15 is 8.78 Å². The predicted molar refractivity (Wildman–Crippen MR) is 133 cm³/mol. The number of aliphatic hydroxyl groups excluding tert-OH is 1. The molecule has 3 rings (SSSR count). The summed E-state index contributed by atoms with van der Waals surface area (Å²) in [4.78, 5) is 39.1. The van der Waals surface area contributed by atoms with Crippen molar-refractivity contribution in [3.05, 3.63) is 69.5 Å². The van der Waals surface area contributed by atoms with Crippen LogP contribution in [0.3, 0.4) is 0 Å². The van der Waals surface area contributed by atoms with Gasteiger partial charge in [0.05, 0.1) is 11.1 Å². The van der Waals surface area contributed by atoms with Crippen LogP contribution < -0.4 is 0 Å². The first-order chi connectivity index (χ1) is 17.3. The molecule has 1 fully saturated rings. The van der Waals surface area contributed by atoms with Crippen LogP contribution in [0.25, 0.3) is 0 Å². The molecule has 0 aromatic heterocycles. The fourth-order valence-electron chi connectivity index (χ4n) is 4.65. The summed E-state index contributed by atoms with van der Waals surface area (Å²) >= 11 is 5.90. The van der Waals surface area contributed by atoms with Crippen LogP contribution >= 0.6 is 11.6 Å². The number of carbonyl (C=O) groups excluding carboxylic acids is 2. The zero-order valence-corrected chi connectivity index (χ0v) is 21.6. The molecule has 1 aliphatic rings. The first kappa shape index (κ1) is 28.5. The number of nitrogens with zero attached hydrogens (tertiary/aromatic N) is 1. The molecule has 1 aliphatic heterocycles. The predicted octanol–water partition coefficient (Wildman–Crippen LogP) is 5.96. The van der Waals surface area contributed by atoms with Crippen LogP contribution in [0.15, 0.2) is 36.4 Å². The van der Waals surface area contributed by atoms with Crippen molar-refractivity contribution in [3.63, 3.8) is 0 Å². The van der Waals surface area contributed by atoms with E-state index in [1.165, 1.54) is 30.3 Å².